The Morgan fingerprint density at radius 2 is 2.06 bits per heavy atom. The third-order valence-corrected chi connectivity index (χ3v) is 2.23. The van der Waals surface area contributed by atoms with Gasteiger partial charge in [0, 0.05) is 11.8 Å². The van der Waals surface area contributed by atoms with E-state index in [4.69, 9.17) is 4.74 Å². The number of aromatic nitrogens is 1. The lowest BCUT2D eigenvalue weighted by molar-refractivity contribution is 0.103. The first-order valence-electron chi connectivity index (χ1n) is 4.91. The van der Waals surface area contributed by atoms with E-state index in [0.717, 1.165) is 0 Å². The second-order valence-electron chi connectivity index (χ2n) is 3.28. The number of benzene rings is 1. The van der Waals surface area contributed by atoms with Gasteiger partial charge in [-0.3, -0.25) is 9.78 Å². The molecule has 3 heteroatoms. The van der Waals surface area contributed by atoms with Crippen LogP contribution in [0.3, 0.4) is 0 Å². The number of nitrogens with zero attached hydrogens (tertiary/aromatic N) is 1. The Bertz CT molecular complexity index is 494. The van der Waals surface area contributed by atoms with Gasteiger partial charge in [0.1, 0.15) is 11.4 Å². The molecule has 1 aromatic carbocycles. The van der Waals surface area contributed by atoms with Gasteiger partial charge < -0.3 is 4.74 Å². The van der Waals surface area contributed by atoms with Crippen LogP contribution in [0.25, 0.3) is 0 Å². The molecule has 0 radical (unpaired) electrons. The zero-order valence-corrected chi connectivity index (χ0v) is 8.88. The summed E-state index contributed by atoms with van der Waals surface area (Å²) in [5, 5.41) is 0. The Kier molecular flexibility index (Phi) is 2.96. The van der Waals surface area contributed by atoms with Crippen molar-refractivity contribution >= 4 is 5.78 Å². The molecule has 0 atom stereocenters. The Labute approximate surface area is 93.7 Å². The van der Waals surface area contributed by atoms with Crippen molar-refractivity contribution in [2.24, 2.45) is 0 Å². The van der Waals surface area contributed by atoms with Crippen molar-refractivity contribution in [2.45, 2.75) is 0 Å². The van der Waals surface area contributed by atoms with Crippen LogP contribution in [0, 0.1) is 0 Å². The van der Waals surface area contributed by atoms with Crippen molar-refractivity contribution in [1.29, 1.82) is 0 Å². The molecular formula is C13H11NO2. The molecule has 80 valence electrons. The Hall–Kier alpha value is -2.16. The van der Waals surface area contributed by atoms with E-state index >= 15 is 0 Å². The molecule has 0 aliphatic rings. The summed E-state index contributed by atoms with van der Waals surface area (Å²) in [5.41, 5.74) is 1.02. The molecule has 1 aromatic heterocycles. The maximum Gasteiger partial charge on any atom is 0.211 e. The predicted octanol–water partition coefficient (Wildman–Crippen LogP) is 2.32. The zero-order valence-electron chi connectivity index (χ0n) is 8.88. The molecule has 0 aliphatic carbocycles. The lowest BCUT2D eigenvalue weighted by Crippen LogP contribution is -2.03. The summed E-state index contributed by atoms with van der Waals surface area (Å²) in [4.78, 5) is 16.0. The molecule has 0 saturated carbocycles. The minimum absolute atomic E-state index is 0.0977. The molecule has 0 amide bonds. The lowest BCUT2D eigenvalue weighted by atomic mass is 10.1. The van der Waals surface area contributed by atoms with Crippen LogP contribution in [0.2, 0.25) is 0 Å². The minimum atomic E-state index is -0.0977. The van der Waals surface area contributed by atoms with Gasteiger partial charge in [0.2, 0.25) is 5.78 Å². The molecule has 16 heavy (non-hydrogen) atoms. The highest BCUT2D eigenvalue weighted by Gasteiger charge is 2.10. The number of ether oxygens (including phenoxy) is 1. The number of methoxy groups -OCH3 is 1. The van der Waals surface area contributed by atoms with Gasteiger partial charge >= 0.3 is 0 Å². The number of hydrogen-bond donors (Lipinski definition) is 0. The lowest BCUT2D eigenvalue weighted by Gasteiger charge is -2.03. The first-order valence-corrected chi connectivity index (χ1v) is 4.91. The number of rotatable bonds is 3. The zero-order chi connectivity index (χ0) is 11.4. The summed E-state index contributed by atoms with van der Waals surface area (Å²) in [6, 6.07) is 12.3. The largest absolute Gasteiger partial charge is 0.497 e. The summed E-state index contributed by atoms with van der Waals surface area (Å²) in [6.45, 7) is 0. The monoisotopic (exact) mass is 213 g/mol. The van der Waals surface area contributed by atoms with Gasteiger partial charge in [-0.1, -0.05) is 18.2 Å². The van der Waals surface area contributed by atoms with E-state index < -0.39 is 0 Å². The number of hydrogen-bond acceptors (Lipinski definition) is 3. The van der Waals surface area contributed by atoms with Gasteiger partial charge in [0.05, 0.1) is 7.11 Å². The van der Waals surface area contributed by atoms with E-state index in [1.165, 1.54) is 0 Å². The third-order valence-electron chi connectivity index (χ3n) is 2.23. The summed E-state index contributed by atoms with van der Waals surface area (Å²) in [5.74, 6) is 0.571. The molecule has 0 fully saturated rings. The summed E-state index contributed by atoms with van der Waals surface area (Å²) in [6.07, 6.45) is 1.60. The fraction of sp³-hybridized carbons (Fsp3) is 0.0769. The van der Waals surface area contributed by atoms with Crippen molar-refractivity contribution < 1.29 is 9.53 Å². The molecule has 0 bridgehead atoms. The molecule has 0 spiro atoms. The number of ketones is 1. The molecule has 3 nitrogen and oxygen atoms in total. The van der Waals surface area contributed by atoms with Gasteiger partial charge in [-0.25, -0.2) is 0 Å². The fourth-order valence-corrected chi connectivity index (χ4v) is 1.41. The summed E-state index contributed by atoms with van der Waals surface area (Å²) in [7, 11) is 1.57. The van der Waals surface area contributed by atoms with Gasteiger partial charge in [0.15, 0.2) is 0 Å². The van der Waals surface area contributed by atoms with Gasteiger partial charge in [-0.2, -0.15) is 0 Å². The fourth-order valence-electron chi connectivity index (χ4n) is 1.41. The van der Waals surface area contributed by atoms with E-state index in [1.54, 1.807) is 55.8 Å². The standard InChI is InChI=1S/C13H11NO2/c1-16-11-6-4-5-10(9-11)13(15)12-7-2-3-8-14-12/h2-9H,1H3. The van der Waals surface area contributed by atoms with Gasteiger partial charge in [-0.05, 0) is 24.3 Å². The Morgan fingerprint density at radius 1 is 1.19 bits per heavy atom. The van der Waals surface area contributed by atoms with Gasteiger partial charge in [0.25, 0.3) is 0 Å². The summed E-state index contributed by atoms with van der Waals surface area (Å²) >= 11 is 0. The van der Waals surface area contributed by atoms with Crippen molar-refractivity contribution in [2.75, 3.05) is 7.11 Å². The van der Waals surface area contributed by atoms with E-state index in [9.17, 15) is 4.79 Å². The maximum atomic E-state index is 12.0. The predicted molar refractivity (Wildman–Crippen MR) is 60.7 cm³/mol. The van der Waals surface area contributed by atoms with Crippen LogP contribution < -0.4 is 4.74 Å². The highest BCUT2D eigenvalue weighted by atomic mass is 16.5. The van der Waals surface area contributed by atoms with Crippen molar-refractivity contribution in [3.05, 3.63) is 59.9 Å². The SMILES string of the molecule is COc1cccc(C(=O)c2ccccn2)c1. The smallest absolute Gasteiger partial charge is 0.211 e. The number of pyridine rings is 1. The highest BCUT2D eigenvalue weighted by Crippen LogP contribution is 2.15. The molecule has 2 rings (SSSR count). The summed E-state index contributed by atoms with van der Waals surface area (Å²) < 4.78 is 5.07. The molecular weight excluding hydrogens is 202 g/mol. The van der Waals surface area contributed by atoms with Crippen LogP contribution >= 0.6 is 0 Å². The van der Waals surface area contributed by atoms with Crippen molar-refractivity contribution in [3.63, 3.8) is 0 Å². The average Bonchev–Trinajstić information content (AvgIpc) is 2.39. The molecule has 2 aromatic rings. The van der Waals surface area contributed by atoms with Gasteiger partial charge in [-0.15, -0.1) is 0 Å². The van der Waals surface area contributed by atoms with Crippen molar-refractivity contribution in [3.8, 4) is 5.75 Å². The second-order valence-corrected chi connectivity index (χ2v) is 3.28. The van der Waals surface area contributed by atoms with Crippen LogP contribution in [-0.2, 0) is 0 Å². The number of carbonyl (C=O) groups is 1. The molecule has 1 heterocycles. The van der Waals surface area contributed by atoms with Crippen LogP contribution in [0.4, 0.5) is 0 Å². The third kappa shape index (κ3) is 2.08. The Morgan fingerprint density at radius 3 is 2.75 bits per heavy atom. The van der Waals surface area contributed by atoms with E-state index in [2.05, 4.69) is 4.98 Å². The number of carbonyl (C=O) groups excluding carboxylic acids is 1. The quantitative estimate of drug-likeness (QED) is 0.734. The first kappa shape index (κ1) is 10.4. The highest BCUT2D eigenvalue weighted by molar-refractivity contribution is 6.07. The second kappa shape index (κ2) is 4.57. The molecule has 0 saturated heterocycles. The van der Waals surface area contributed by atoms with Crippen LogP contribution in [0.15, 0.2) is 48.7 Å². The Balaban J connectivity index is 2.34. The van der Waals surface area contributed by atoms with Crippen LogP contribution in [0.1, 0.15) is 16.1 Å². The van der Waals surface area contributed by atoms with E-state index in [-0.39, 0.29) is 5.78 Å². The molecule has 0 unspecified atom stereocenters. The molecule has 0 N–H and O–H groups in total. The van der Waals surface area contributed by atoms with Crippen LogP contribution in [0.5, 0.6) is 5.75 Å². The average molecular weight is 213 g/mol. The van der Waals surface area contributed by atoms with Crippen molar-refractivity contribution in [1.82, 2.24) is 4.98 Å². The van der Waals surface area contributed by atoms with E-state index in [0.29, 0.717) is 17.0 Å². The first-order chi connectivity index (χ1) is 7.81. The minimum Gasteiger partial charge on any atom is -0.497 e. The topological polar surface area (TPSA) is 39.2 Å². The van der Waals surface area contributed by atoms with Crippen LogP contribution in [-0.4, -0.2) is 17.9 Å². The maximum absolute atomic E-state index is 12.0. The van der Waals surface area contributed by atoms with E-state index in [1.807, 2.05) is 0 Å². The normalized spacial score (nSPS) is 9.81. The molecule has 0 aliphatic heterocycles.